The second-order valence-electron chi connectivity index (χ2n) is 5.44. The van der Waals surface area contributed by atoms with E-state index in [9.17, 15) is 13.6 Å². The van der Waals surface area contributed by atoms with Crippen LogP contribution in [0.3, 0.4) is 0 Å². The van der Waals surface area contributed by atoms with Crippen LogP contribution in [0.15, 0.2) is 0 Å². The maximum atomic E-state index is 13.6. The van der Waals surface area contributed by atoms with Gasteiger partial charge in [0.05, 0.1) is 0 Å². The SMILES string of the molecule is CC(C)(C)OC(=O)N[C@@H]1[C@@H](N)CCCC1(F)F. The number of nitrogens with one attached hydrogen (secondary N) is 1. The van der Waals surface area contributed by atoms with Gasteiger partial charge in [0.2, 0.25) is 0 Å². The molecule has 1 saturated carbocycles. The molecule has 0 spiro atoms. The van der Waals surface area contributed by atoms with Crippen LogP contribution in [-0.2, 0) is 4.74 Å². The van der Waals surface area contributed by atoms with Crippen molar-refractivity contribution in [1.82, 2.24) is 5.32 Å². The molecule has 1 amide bonds. The highest BCUT2D eigenvalue weighted by molar-refractivity contribution is 5.68. The van der Waals surface area contributed by atoms with Crippen molar-refractivity contribution in [3.63, 3.8) is 0 Å². The summed E-state index contributed by atoms with van der Waals surface area (Å²) >= 11 is 0. The summed E-state index contributed by atoms with van der Waals surface area (Å²) < 4.78 is 32.1. The number of hydrogen-bond donors (Lipinski definition) is 2. The second-order valence-corrected chi connectivity index (χ2v) is 5.44. The first kappa shape index (κ1) is 14.2. The third-order valence-corrected chi connectivity index (χ3v) is 2.60. The molecule has 0 aromatic rings. The largest absolute Gasteiger partial charge is 0.444 e. The number of ether oxygens (including phenoxy) is 1. The van der Waals surface area contributed by atoms with Gasteiger partial charge in [0.15, 0.2) is 0 Å². The van der Waals surface area contributed by atoms with Crippen LogP contribution in [-0.4, -0.2) is 29.7 Å². The van der Waals surface area contributed by atoms with E-state index in [1.165, 1.54) is 0 Å². The van der Waals surface area contributed by atoms with E-state index in [-0.39, 0.29) is 6.42 Å². The van der Waals surface area contributed by atoms with Crippen molar-refractivity contribution < 1.29 is 18.3 Å². The third-order valence-electron chi connectivity index (χ3n) is 2.60. The van der Waals surface area contributed by atoms with Crippen LogP contribution < -0.4 is 11.1 Å². The summed E-state index contributed by atoms with van der Waals surface area (Å²) in [5.74, 6) is -2.96. The summed E-state index contributed by atoms with van der Waals surface area (Å²) in [6.45, 7) is 5.02. The molecule has 0 bridgehead atoms. The molecule has 3 N–H and O–H groups in total. The van der Waals surface area contributed by atoms with E-state index in [2.05, 4.69) is 5.32 Å². The Morgan fingerprint density at radius 3 is 2.53 bits per heavy atom. The van der Waals surface area contributed by atoms with Gasteiger partial charge >= 0.3 is 6.09 Å². The Balaban J connectivity index is 2.62. The van der Waals surface area contributed by atoms with Crippen molar-refractivity contribution >= 4 is 6.09 Å². The van der Waals surface area contributed by atoms with Crippen molar-refractivity contribution in [1.29, 1.82) is 0 Å². The fourth-order valence-electron chi connectivity index (χ4n) is 1.86. The summed E-state index contributed by atoms with van der Waals surface area (Å²) in [7, 11) is 0. The molecule has 2 atom stereocenters. The van der Waals surface area contributed by atoms with Crippen molar-refractivity contribution in [2.24, 2.45) is 5.73 Å². The molecular weight excluding hydrogens is 230 g/mol. The molecule has 0 saturated heterocycles. The number of alkyl halides is 2. The molecule has 1 aliphatic rings. The van der Waals surface area contributed by atoms with Gasteiger partial charge in [-0.15, -0.1) is 0 Å². The zero-order valence-corrected chi connectivity index (χ0v) is 10.4. The van der Waals surface area contributed by atoms with Gasteiger partial charge in [-0.05, 0) is 33.6 Å². The van der Waals surface area contributed by atoms with E-state index in [1.54, 1.807) is 20.8 Å². The van der Waals surface area contributed by atoms with Crippen LogP contribution in [0.5, 0.6) is 0 Å². The first-order chi connectivity index (χ1) is 7.62. The molecule has 0 aromatic heterocycles. The van der Waals surface area contributed by atoms with Crippen LogP contribution >= 0.6 is 0 Å². The number of nitrogens with two attached hydrogens (primary N) is 1. The van der Waals surface area contributed by atoms with Gasteiger partial charge in [0.25, 0.3) is 5.92 Å². The van der Waals surface area contributed by atoms with Crippen LogP contribution in [0.4, 0.5) is 13.6 Å². The molecule has 0 radical (unpaired) electrons. The minimum Gasteiger partial charge on any atom is -0.444 e. The number of carbonyl (C=O) groups excluding carboxylic acids is 1. The molecule has 0 heterocycles. The maximum Gasteiger partial charge on any atom is 0.408 e. The summed E-state index contributed by atoms with van der Waals surface area (Å²) in [4.78, 5) is 11.4. The normalized spacial score (nSPS) is 28.6. The quantitative estimate of drug-likeness (QED) is 0.748. The third kappa shape index (κ3) is 4.11. The molecule has 6 heteroatoms. The average molecular weight is 250 g/mol. The lowest BCUT2D eigenvalue weighted by Crippen LogP contribution is -2.60. The Labute approximate surface area is 99.9 Å². The molecular formula is C11H20F2N2O2. The molecule has 100 valence electrons. The molecule has 4 nitrogen and oxygen atoms in total. The van der Waals surface area contributed by atoms with Gasteiger partial charge in [-0.1, -0.05) is 0 Å². The summed E-state index contributed by atoms with van der Waals surface area (Å²) in [5.41, 5.74) is 4.91. The lowest BCUT2D eigenvalue weighted by atomic mass is 9.87. The number of alkyl carbamates (subject to hydrolysis) is 1. The predicted octanol–water partition coefficient (Wildman–Crippen LogP) is 2.03. The van der Waals surface area contributed by atoms with Crippen LogP contribution in [0, 0.1) is 0 Å². The highest BCUT2D eigenvalue weighted by Gasteiger charge is 2.47. The summed E-state index contributed by atoms with van der Waals surface area (Å²) in [5, 5.41) is 2.18. The number of halogens is 2. The highest BCUT2D eigenvalue weighted by Crippen LogP contribution is 2.33. The molecule has 1 fully saturated rings. The predicted molar refractivity (Wildman–Crippen MR) is 59.9 cm³/mol. The lowest BCUT2D eigenvalue weighted by molar-refractivity contribution is -0.0715. The smallest absolute Gasteiger partial charge is 0.408 e. The van der Waals surface area contributed by atoms with Gasteiger partial charge in [-0.25, -0.2) is 13.6 Å². The summed E-state index contributed by atoms with van der Waals surface area (Å²) in [6.07, 6.45) is -0.239. The number of carbonyl (C=O) groups is 1. The van der Waals surface area contributed by atoms with E-state index in [4.69, 9.17) is 10.5 Å². The lowest BCUT2D eigenvalue weighted by Gasteiger charge is -2.36. The number of amides is 1. The zero-order valence-electron chi connectivity index (χ0n) is 10.4. The first-order valence-corrected chi connectivity index (χ1v) is 5.75. The maximum absolute atomic E-state index is 13.6. The molecule has 0 aromatic carbocycles. The Bertz CT molecular complexity index is 290. The van der Waals surface area contributed by atoms with Gasteiger partial charge in [-0.2, -0.15) is 0 Å². The highest BCUT2D eigenvalue weighted by atomic mass is 19.3. The van der Waals surface area contributed by atoms with Gasteiger partial charge in [0.1, 0.15) is 11.6 Å². The van der Waals surface area contributed by atoms with E-state index in [1.807, 2.05) is 0 Å². The van der Waals surface area contributed by atoms with Gasteiger partial charge < -0.3 is 15.8 Å². The fraction of sp³-hybridized carbons (Fsp3) is 0.909. The molecule has 1 rings (SSSR count). The molecule has 17 heavy (non-hydrogen) atoms. The Hall–Kier alpha value is -0.910. The Morgan fingerprint density at radius 2 is 2.06 bits per heavy atom. The van der Waals surface area contributed by atoms with E-state index in [0.717, 1.165) is 0 Å². The van der Waals surface area contributed by atoms with Crippen molar-refractivity contribution in [3.8, 4) is 0 Å². The molecule has 0 aliphatic heterocycles. The van der Waals surface area contributed by atoms with Crippen molar-refractivity contribution in [3.05, 3.63) is 0 Å². The van der Waals surface area contributed by atoms with Crippen molar-refractivity contribution in [2.75, 3.05) is 0 Å². The number of rotatable bonds is 1. The molecule has 0 unspecified atom stereocenters. The fourth-order valence-corrected chi connectivity index (χ4v) is 1.86. The second kappa shape index (κ2) is 4.76. The monoisotopic (exact) mass is 250 g/mol. The standard InChI is InChI=1S/C11H20F2N2O2/c1-10(2,3)17-9(16)15-8-7(14)5-4-6-11(8,12)13/h7-8H,4-6,14H2,1-3H3,(H,15,16)/t7-,8+/m0/s1. The number of hydrogen-bond acceptors (Lipinski definition) is 3. The van der Waals surface area contributed by atoms with Crippen LogP contribution in [0.25, 0.3) is 0 Å². The van der Waals surface area contributed by atoms with E-state index in [0.29, 0.717) is 12.8 Å². The van der Waals surface area contributed by atoms with E-state index >= 15 is 0 Å². The average Bonchev–Trinajstić information content (AvgIpc) is 2.08. The Kier molecular flexibility index (Phi) is 3.96. The summed E-state index contributed by atoms with van der Waals surface area (Å²) in [6, 6.07) is -2.07. The molecule has 1 aliphatic carbocycles. The van der Waals surface area contributed by atoms with Crippen LogP contribution in [0.1, 0.15) is 40.0 Å². The Morgan fingerprint density at radius 1 is 1.47 bits per heavy atom. The zero-order chi connectivity index (χ0) is 13.3. The minimum atomic E-state index is -2.96. The van der Waals surface area contributed by atoms with Crippen LogP contribution in [0.2, 0.25) is 0 Å². The first-order valence-electron chi connectivity index (χ1n) is 5.75. The van der Waals surface area contributed by atoms with Crippen molar-refractivity contribution in [2.45, 2.75) is 63.6 Å². The minimum absolute atomic E-state index is 0.249. The van der Waals surface area contributed by atoms with Gasteiger partial charge in [-0.3, -0.25) is 0 Å². The van der Waals surface area contributed by atoms with E-state index < -0.39 is 29.7 Å². The van der Waals surface area contributed by atoms with Gasteiger partial charge in [0, 0.05) is 12.5 Å². The topological polar surface area (TPSA) is 64.3 Å².